The molecule has 7 nitrogen and oxygen atoms in total. The van der Waals surface area contributed by atoms with Crippen LogP contribution in [-0.2, 0) is 33.6 Å². The minimum absolute atomic E-state index is 0.00493. The van der Waals surface area contributed by atoms with Crippen LogP contribution >= 0.6 is 0 Å². The minimum atomic E-state index is -1.31. The lowest BCUT2D eigenvalue weighted by Crippen LogP contribution is -2.76. The van der Waals surface area contributed by atoms with Crippen molar-refractivity contribution in [2.75, 3.05) is 7.11 Å². The van der Waals surface area contributed by atoms with Gasteiger partial charge in [0.1, 0.15) is 17.3 Å². The predicted molar refractivity (Wildman–Crippen MR) is 113 cm³/mol. The highest BCUT2D eigenvalue weighted by atomic mass is 17.2. The maximum Gasteiger partial charge on any atom is 0.337 e. The summed E-state index contributed by atoms with van der Waals surface area (Å²) in [6.07, 6.45) is 9.36. The van der Waals surface area contributed by atoms with E-state index in [-0.39, 0.29) is 23.7 Å². The Hall–Kier alpha value is -1.99. The van der Waals surface area contributed by atoms with Gasteiger partial charge in [-0.1, -0.05) is 32.8 Å². The van der Waals surface area contributed by atoms with Crippen molar-refractivity contribution in [2.45, 2.75) is 88.9 Å². The van der Waals surface area contributed by atoms with E-state index in [0.29, 0.717) is 43.3 Å². The normalized spacial score (nSPS) is 41.2. The summed E-state index contributed by atoms with van der Waals surface area (Å²) in [6.45, 7) is 4.12. The molecule has 0 aromatic carbocycles. The molecule has 0 aromatic rings. The topological polar surface area (TPSA) is 88.1 Å². The first-order valence-electron chi connectivity index (χ1n) is 12.1. The number of fused-ring (bicyclic) bond motifs is 3. The molecule has 0 N–H and O–H groups in total. The number of ether oxygens (including phenoxy) is 2. The molecule has 2 saturated heterocycles. The number of ketones is 1. The van der Waals surface area contributed by atoms with Gasteiger partial charge in [-0.05, 0) is 50.5 Å². The van der Waals surface area contributed by atoms with E-state index in [9.17, 15) is 14.4 Å². The summed E-state index contributed by atoms with van der Waals surface area (Å²) >= 11 is 0. The van der Waals surface area contributed by atoms with Gasteiger partial charge < -0.3 is 9.47 Å². The van der Waals surface area contributed by atoms with Crippen LogP contribution < -0.4 is 0 Å². The Morgan fingerprint density at radius 2 is 1.97 bits per heavy atom. The molecule has 2 spiro atoms. The number of carbonyl (C=O) groups is 3. The van der Waals surface area contributed by atoms with Gasteiger partial charge in [0, 0.05) is 12.3 Å². The van der Waals surface area contributed by atoms with Crippen LogP contribution in [0.25, 0.3) is 0 Å². The van der Waals surface area contributed by atoms with Crippen LogP contribution in [0.3, 0.4) is 0 Å². The molecule has 3 fully saturated rings. The lowest BCUT2D eigenvalue weighted by Gasteiger charge is -2.64. The van der Waals surface area contributed by atoms with Crippen LogP contribution in [0, 0.1) is 17.3 Å². The Kier molecular flexibility index (Phi) is 5.13. The Morgan fingerprint density at radius 1 is 1.16 bits per heavy atom. The molecule has 7 aliphatic rings. The van der Waals surface area contributed by atoms with Gasteiger partial charge in [0.15, 0.2) is 11.2 Å². The van der Waals surface area contributed by atoms with Crippen molar-refractivity contribution in [3.8, 4) is 0 Å². The summed E-state index contributed by atoms with van der Waals surface area (Å²) in [7, 11) is 1.33. The Labute approximate surface area is 188 Å². The summed E-state index contributed by atoms with van der Waals surface area (Å²) in [4.78, 5) is 52.4. The van der Waals surface area contributed by atoms with E-state index >= 15 is 0 Å². The second kappa shape index (κ2) is 7.52. The molecule has 7 rings (SSSR count). The second-order valence-electron chi connectivity index (χ2n) is 9.89. The van der Waals surface area contributed by atoms with Gasteiger partial charge in [-0.25, -0.2) is 19.4 Å². The fourth-order valence-corrected chi connectivity index (χ4v) is 7.37. The summed E-state index contributed by atoms with van der Waals surface area (Å²) in [5, 5.41) is 0. The first-order chi connectivity index (χ1) is 15.4. The number of methoxy groups -OCH3 is 1. The molecule has 0 aromatic heterocycles. The molecular formula is C25H32O7. The maximum atomic E-state index is 14.2. The Balaban J connectivity index is 1.80. The largest absolute Gasteiger partial charge is 0.466 e. The summed E-state index contributed by atoms with van der Waals surface area (Å²) in [5.74, 6) is -1.18. The smallest absolute Gasteiger partial charge is 0.337 e. The molecule has 4 aliphatic carbocycles. The number of Topliss-reactive ketones (excluding diaryl/α,β-unsaturated/α-hetero) is 1. The van der Waals surface area contributed by atoms with Crippen LogP contribution in [0.1, 0.15) is 71.6 Å². The highest BCUT2D eigenvalue weighted by Crippen LogP contribution is 2.71. The molecular weight excluding hydrogens is 412 g/mol. The van der Waals surface area contributed by atoms with Crippen molar-refractivity contribution in [3.63, 3.8) is 0 Å². The van der Waals surface area contributed by atoms with Crippen molar-refractivity contribution in [2.24, 2.45) is 17.3 Å². The van der Waals surface area contributed by atoms with Gasteiger partial charge >= 0.3 is 11.9 Å². The van der Waals surface area contributed by atoms with Crippen molar-refractivity contribution in [1.82, 2.24) is 0 Å². The SMILES string of the molecule is CCCCC(=O)[C@]12CC[C@H](C=C1C(=O)OC)[C@@H](CCC)[C@@]21OC(=O)C2=C[C@H]3CC[C@]21OO3. The molecule has 3 heterocycles. The van der Waals surface area contributed by atoms with E-state index in [1.54, 1.807) is 6.08 Å². The van der Waals surface area contributed by atoms with Gasteiger partial charge in [0.25, 0.3) is 0 Å². The monoisotopic (exact) mass is 444 g/mol. The third-order valence-electron chi connectivity index (χ3n) is 8.56. The van der Waals surface area contributed by atoms with Crippen LogP contribution in [0.2, 0.25) is 0 Å². The van der Waals surface area contributed by atoms with Crippen molar-refractivity contribution in [1.29, 1.82) is 0 Å². The number of hydrogen-bond donors (Lipinski definition) is 0. The summed E-state index contributed by atoms with van der Waals surface area (Å²) < 4.78 is 11.6. The van der Waals surface area contributed by atoms with Crippen LogP contribution in [-0.4, -0.2) is 42.1 Å². The molecule has 7 heteroatoms. The lowest BCUT2D eigenvalue weighted by atomic mass is 9.41. The molecule has 6 atom stereocenters. The van der Waals surface area contributed by atoms with E-state index in [4.69, 9.17) is 19.2 Å². The Bertz CT molecular complexity index is 909. The molecule has 0 radical (unpaired) electrons. The number of carbonyl (C=O) groups excluding carboxylic acids is 3. The Morgan fingerprint density at radius 3 is 2.62 bits per heavy atom. The van der Waals surface area contributed by atoms with Crippen LogP contribution in [0.4, 0.5) is 0 Å². The van der Waals surface area contributed by atoms with Crippen molar-refractivity contribution >= 4 is 17.7 Å². The molecule has 3 aliphatic heterocycles. The average molecular weight is 445 g/mol. The number of esters is 2. The minimum Gasteiger partial charge on any atom is -0.466 e. The second-order valence-corrected chi connectivity index (χ2v) is 9.89. The zero-order valence-electron chi connectivity index (χ0n) is 19.1. The standard InChI is InChI=1S/C25H32O7/c1-4-6-8-20(26)23-11-9-15(13-18(23)21(27)29-3)17(7-5-2)25(23)24-12-10-16(31-32-24)14-19(24)22(28)30-25/h13-17H,4-12H2,1-3H3/t15-,16-,17-,23+,24+,25-/m1/s1. The van der Waals surface area contributed by atoms with Crippen LogP contribution in [0.5, 0.6) is 0 Å². The maximum absolute atomic E-state index is 14.2. The van der Waals surface area contributed by atoms with E-state index in [1.165, 1.54) is 7.11 Å². The number of allylic oxidation sites excluding steroid dienone is 1. The van der Waals surface area contributed by atoms with Crippen LogP contribution in [0.15, 0.2) is 23.3 Å². The zero-order valence-corrected chi connectivity index (χ0v) is 19.1. The summed E-state index contributed by atoms with van der Waals surface area (Å²) in [5.41, 5.74) is -3.00. The molecule has 32 heavy (non-hydrogen) atoms. The van der Waals surface area contributed by atoms with E-state index < -0.39 is 28.6 Å². The van der Waals surface area contributed by atoms with Gasteiger partial charge in [-0.15, -0.1) is 0 Å². The lowest BCUT2D eigenvalue weighted by molar-refractivity contribution is -0.433. The third kappa shape index (κ3) is 2.41. The van der Waals surface area contributed by atoms with Gasteiger partial charge in [-0.3, -0.25) is 4.79 Å². The van der Waals surface area contributed by atoms with E-state index in [1.807, 2.05) is 13.0 Å². The highest BCUT2D eigenvalue weighted by molar-refractivity contribution is 6.05. The molecule has 0 amide bonds. The van der Waals surface area contributed by atoms with Gasteiger partial charge in [0.05, 0.1) is 18.3 Å². The van der Waals surface area contributed by atoms with Gasteiger partial charge in [-0.2, -0.15) is 0 Å². The highest BCUT2D eigenvalue weighted by Gasteiger charge is 2.83. The molecule has 0 unspecified atom stereocenters. The first-order valence-corrected chi connectivity index (χ1v) is 12.1. The number of unbranched alkanes of at least 4 members (excludes halogenated alkanes) is 1. The predicted octanol–water partition coefficient (Wildman–Crippen LogP) is 3.76. The first kappa shape index (κ1) is 21.8. The zero-order chi connectivity index (χ0) is 22.7. The van der Waals surface area contributed by atoms with Crippen molar-refractivity contribution in [3.05, 3.63) is 23.3 Å². The summed E-state index contributed by atoms with van der Waals surface area (Å²) in [6, 6.07) is 0. The van der Waals surface area contributed by atoms with E-state index in [0.717, 1.165) is 25.7 Å². The molecule has 1 saturated carbocycles. The average Bonchev–Trinajstić information content (AvgIpc) is 3.08. The number of hydrogen-bond acceptors (Lipinski definition) is 7. The fourth-order valence-electron chi connectivity index (χ4n) is 7.37. The fraction of sp³-hybridized carbons (Fsp3) is 0.720. The quantitative estimate of drug-likeness (QED) is 0.436. The molecule has 174 valence electrons. The van der Waals surface area contributed by atoms with Gasteiger partial charge in [0.2, 0.25) is 0 Å². The van der Waals surface area contributed by atoms with E-state index in [2.05, 4.69) is 6.92 Å². The van der Waals surface area contributed by atoms with Crippen molar-refractivity contribution < 1.29 is 33.6 Å². The third-order valence-corrected chi connectivity index (χ3v) is 8.56. The number of rotatable bonds is 7. The molecule has 4 bridgehead atoms.